The number of nitrogens with one attached hydrogen (secondary N) is 1. The van der Waals surface area contributed by atoms with E-state index in [4.69, 9.17) is 0 Å². The molecule has 0 saturated carbocycles. The minimum atomic E-state index is 0.792. The second kappa shape index (κ2) is 6.07. The Kier molecular flexibility index (Phi) is 4.68. The van der Waals surface area contributed by atoms with Gasteiger partial charge in [-0.3, -0.25) is 0 Å². The van der Waals surface area contributed by atoms with Crippen molar-refractivity contribution in [2.45, 2.75) is 26.8 Å². The highest BCUT2D eigenvalue weighted by atomic mass is 79.9. The standard InChI is InChI=1S/C15H23BrN2/c1-11-6-12(2)10-18(9-11)15-5-4-14(16)7-13(15)8-17-3/h4-5,7,11-12,17H,6,8-10H2,1-3H3. The molecular formula is C15H23BrN2. The van der Waals surface area contributed by atoms with Crippen molar-refractivity contribution < 1.29 is 0 Å². The number of nitrogens with zero attached hydrogens (tertiary/aromatic N) is 1. The fraction of sp³-hybridized carbons (Fsp3) is 0.600. The molecule has 1 aromatic carbocycles. The lowest BCUT2D eigenvalue weighted by molar-refractivity contribution is 0.356. The highest BCUT2D eigenvalue weighted by Crippen LogP contribution is 2.30. The minimum absolute atomic E-state index is 0.792. The van der Waals surface area contributed by atoms with E-state index in [1.54, 1.807) is 0 Å². The SMILES string of the molecule is CNCc1cc(Br)ccc1N1CC(C)CC(C)C1. The Bertz CT molecular complexity index is 395. The Balaban J connectivity index is 2.25. The molecule has 1 aliphatic rings. The van der Waals surface area contributed by atoms with E-state index >= 15 is 0 Å². The smallest absolute Gasteiger partial charge is 0.0412 e. The molecule has 1 saturated heterocycles. The van der Waals surface area contributed by atoms with Gasteiger partial charge in [0.2, 0.25) is 0 Å². The molecule has 100 valence electrons. The van der Waals surface area contributed by atoms with Crippen LogP contribution in [0.4, 0.5) is 5.69 Å². The lowest BCUT2D eigenvalue weighted by atomic mass is 9.91. The van der Waals surface area contributed by atoms with Crippen LogP contribution in [0.5, 0.6) is 0 Å². The maximum atomic E-state index is 3.57. The quantitative estimate of drug-likeness (QED) is 0.916. The van der Waals surface area contributed by atoms with E-state index in [0.29, 0.717) is 0 Å². The zero-order valence-corrected chi connectivity index (χ0v) is 13.1. The predicted molar refractivity (Wildman–Crippen MR) is 82.1 cm³/mol. The lowest BCUT2D eigenvalue weighted by Gasteiger charge is -2.37. The molecule has 2 nitrogen and oxygen atoms in total. The molecule has 2 unspecified atom stereocenters. The average molecular weight is 311 g/mol. The predicted octanol–water partition coefficient (Wildman–Crippen LogP) is 3.65. The van der Waals surface area contributed by atoms with Crippen molar-refractivity contribution >= 4 is 21.6 Å². The van der Waals surface area contributed by atoms with E-state index in [1.165, 1.54) is 30.8 Å². The number of benzene rings is 1. The van der Waals surface area contributed by atoms with Crippen molar-refractivity contribution in [3.8, 4) is 0 Å². The van der Waals surface area contributed by atoms with Crippen LogP contribution in [0, 0.1) is 11.8 Å². The molecule has 0 aromatic heterocycles. The van der Waals surface area contributed by atoms with E-state index in [1.807, 2.05) is 7.05 Å². The first kappa shape index (κ1) is 13.9. The Morgan fingerprint density at radius 2 is 1.94 bits per heavy atom. The van der Waals surface area contributed by atoms with Crippen LogP contribution < -0.4 is 10.2 Å². The molecule has 2 atom stereocenters. The maximum absolute atomic E-state index is 3.57. The summed E-state index contributed by atoms with van der Waals surface area (Å²) in [5, 5.41) is 3.27. The van der Waals surface area contributed by atoms with E-state index < -0.39 is 0 Å². The van der Waals surface area contributed by atoms with E-state index in [9.17, 15) is 0 Å². The second-order valence-corrected chi connectivity index (χ2v) is 6.57. The summed E-state index contributed by atoms with van der Waals surface area (Å²) in [7, 11) is 2.01. The zero-order chi connectivity index (χ0) is 13.1. The summed E-state index contributed by atoms with van der Waals surface area (Å²) in [5.41, 5.74) is 2.78. The number of halogens is 1. The van der Waals surface area contributed by atoms with Crippen LogP contribution in [0.25, 0.3) is 0 Å². The summed E-state index contributed by atoms with van der Waals surface area (Å²) < 4.78 is 1.16. The number of rotatable bonds is 3. The summed E-state index contributed by atoms with van der Waals surface area (Å²) in [5.74, 6) is 1.58. The fourth-order valence-electron chi connectivity index (χ4n) is 3.05. The van der Waals surface area contributed by atoms with Gasteiger partial charge in [-0.2, -0.15) is 0 Å². The average Bonchev–Trinajstić information content (AvgIpc) is 2.28. The van der Waals surface area contributed by atoms with E-state index in [-0.39, 0.29) is 0 Å². The number of anilines is 1. The lowest BCUT2D eigenvalue weighted by Crippen LogP contribution is -2.39. The molecule has 18 heavy (non-hydrogen) atoms. The Morgan fingerprint density at radius 3 is 2.56 bits per heavy atom. The molecule has 1 N–H and O–H groups in total. The van der Waals surface area contributed by atoms with Gasteiger partial charge < -0.3 is 10.2 Å². The van der Waals surface area contributed by atoms with Crippen molar-refractivity contribution in [3.05, 3.63) is 28.2 Å². The second-order valence-electron chi connectivity index (χ2n) is 5.65. The van der Waals surface area contributed by atoms with Crippen LogP contribution in [0.15, 0.2) is 22.7 Å². The topological polar surface area (TPSA) is 15.3 Å². The van der Waals surface area contributed by atoms with Crippen LogP contribution in [0.2, 0.25) is 0 Å². The normalized spacial score (nSPS) is 24.3. The summed E-state index contributed by atoms with van der Waals surface area (Å²) in [4.78, 5) is 2.55. The fourth-order valence-corrected chi connectivity index (χ4v) is 3.46. The molecule has 3 heteroatoms. The van der Waals surface area contributed by atoms with Gasteiger partial charge in [-0.15, -0.1) is 0 Å². The molecule has 1 heterocycles. The van der Waals surface area contributed by atoms with Crippen molar-refractivity contribution in [1.29, 1.82) is 0 Å². The molecule has 0 amide bonds. The maximum Gasteiger partial charge on any atom is 0.0412 e. The molecular weight excluding hydrogens is 288 g/mol. The molecule has 1 aromatic rings. The van der Waals surface area contributed by atoms with Gasteiger partial charge in [-0.05, 0) is 49.1 Å². The van der Waals surface area contributed by atoms with Gasteiger partial charge in [-0.25, -0.2) is 0 Å². The van der Waals surface area contributed by atoms with Crippen LogP contribution in [0.3, 0.4) is 0 Å². The zero-order valence-electron chi connectivity index (χ0n) is 11.5. The largest absolute Gasteiger partial charge is 0.371 e. The highest BCUT2D eigenvalue weighted by Gasteiger charge is 2.23. The Hall–Kier alpha value is -0.540. The number of hydrogen-bond donors (Lipinski definition) is 1. The van der Waals surface area contributed by atoms with Crippen molar-refractivity contribution in [2.24, 2.45) is 11.8 Å². The Labute approximate surface area is 119 Å². The van der Waals surface area contributed by atoms with Gasteiger partial charge in [0.25, 0.3) is 0 Å². The van der Waals surface area contributed by atoms with Gasteiger partial charge in [0.15, 0.2) is 0 Å². The molecule has 2 rings (SSSR count). The van der Waals surface area contributed by atoms with Crippen LogP contribution in [-0.2, 0) is 6.54 Å². The van der Waals surface area contributed by atoms with Crippen LogP contribution in [-0.4, -0.2) is 20.1 Å². The third-order valence-electron chi connectivity index (χ3n) is 3.62. The Morgan fingerprint density at radius 1 is 1.28 bits per heavy atom. The van der Waals surface area contributed by atoms with E-state index in [2.05, 4.69) is 58.2 Å². The van der Waals surface area contributed by atoms with Crippen molar-refractivity contribution in [1.82, 2.24) is 5.32 Å². The third-order valence-corrected chi connectivity index (χ3v) is 4.11. The third kappa shape index (κ3) is 3.27. The molecule has 1 aliphatic heterocycles. The van der Waals surface area contributed by atoms with E-state index in [0.717, 1.165) is 22.9 Å². The number of piperidine rings is 1. The minimum Gasteiger partial charge on any atom is -0.371 e. The van der Waals surface area contributed by atoms with Gasteiger partial charge in [-0.1, -0.05) is 29.8 Å². The summed E-state index contributed by atoms with van der Waals surface area (Å²) in [6, 6.07) is 6.63. The van der Waals surface area contributed by atoms with Gasteiger partial charge in [0.05, 0.1) is 0 Å². The van der Waals surface area contributed by atoms with Gasteiger partial charge in [0.1, 0.15) is 0 Å². The first-order chi connectivity index (χ1) is 8.60. The summed E-state index contributed by atoms with van der Waals surface area (Å²) in [6.07, 6.45) is 1.36. The van der Waals surface area contributed by atoms with Crippen molar-refractivity contribution in [3.63, 3.8) is 0 Å². The van der Waals surface area contributed by atoms with Crippen molar-refractivity contribution in [2.75, 3.05) is 25.0 Å². The first-order valence-electron chi connectivity index (χ1n) is 6.78. The first-order valence-corrected chi connectivity index (χ1v) is 7.57. The van der Waals surface area contributed by atoms with Crippen LogP contribution in [0.1, 0.15) is 25.8 Å². The molecule has 0 aliphatic carbocycles. The molecule has 0 bridgehead atoms. The monoisotopic (exact) mass is 310 g/mol. The highest BCUT2D eigenvalue weighted by molar-refractivity contribution is 9.10. The summed E-state index contributed by atoms with van der Waals surface area (Å²) in [6.45, 7) is 8.01. The van der Waals surface area contributed by atoms with Crippen LogP contribution >= 0.6 is 15.9 Å². The van der Waals surface area contributed by atoms with Gasteiger partial charge in [0, 0.05) is 29.8 Å². The number of hydrogen-bond acceptors (Lipinski definition) is 2. The molecule has 0 spiro atoms. The molecule has 1 fully saturated rings. The molecule has 0 radical (unpaired) electrons. The van der Waals surface area contributed by atoms with Gasteiger partial charge >= 0.3 is 0 Å². The summed E-state index contributed by atoms with van der Waals surface area (Å²) >= 11 is 3.57.